The molecule has 150 valence electrons. The van der Waals surface area contributed by atoms with Gasteiger partial charge in [0.1, 0.15) is 11.6 Å². The summed E-state index contributed by atoms with van der Waals surface area (Å²) in [5.41, 5.74) is 7.76. The van der Waals surface area contributed by atoms with Gasteiger partial charge in [-0.25, -0.2) is 0 Å². The summed E-state index contributed by atoms with van der Waals surface area (Å²) in [6, 6.07) is 11.4. The van der Waals surface area contributed by atoms with Crippen molar-refractivity contribution in [1.29, 1.82) is 0 Å². The third kappa shape index (κ3) is 3.83. The number of nitrogens with one attached hydrogen (secondary N) is 1. The Labute approximate surface area is 174 Å². The summed E-state index contributed by atoms with van der Waals surface area (Å²) in [5.74, 6) is -2.62. The van der Waals surface area contributed by atoms with Crippen LogP contribution in [0.2, 0.25) is 0 Å². The molecule has 3 heterocycles. The van der Waals surface area contributed by atoms with Gasteiger partial charge >= 0.3 is 0 Å². The number of amides is 2. The summed E-state index contributed by atoms with van der Waals surface area (Å²) in [7, 11) is 0. The molecule has 0 saturated heterocycles. The number of carbonyl (C=O) groups excluding carboxylic acids is 3. The number of aromatic nitrogens is 2. The fraction of sp³-hybridized carbons (Fsp3) is 0.0952. The Kier molecular flexibility index (Phi) is 5.36. The van der Waals surface area contributed by atoms with Crippen LogP contribution in [-0.2, 0) is 16.0 Å². The minimum atomic E-state index is -1.16. The Morgan fingerprint density at radius 1 is 1.13 bits per heavy atom. The van der Waals surface area contributed by atoms with E-state index in [0.29, 0.717) is 22.4 Å². The van der Waals surface area contributed by atoms with Crippen LogP contribution in [0.4, 0.5) is 0 Å². The number of Topliss-reactive ketones (excluding diaryl/α,β-unsaturated/α-hetero) is 1. The summed E-state index contributed by atoms with van der Waals surface area (Å²) in [4.78, 5) is 41.1. The number of hydrogen-bond acceptors (Lipinski definition) is 7. The second-order valence-corrected chi connectivity index (χ2v) is 7.14. The van der Waals surface area contributed by atoms with E-state index in [4.69, 9.17) is 10.2 Å². The standard InChI is InChI=1S/C21H16N4O4S/c22-20(27)19(26)16(9-12-10-29-17-7-2-1-5-13(12)17)24-21(28)18-14(11-30-25-18)15-6-3-4-8-23-15/h1-8,10-11,16H,9H2,(H2,22,27)(H,24,28). The number of hydrogen-bond donors (Lipinski definition) is 2. The maximum absolute atomic E-state index is 12.9. The van der Waals surface area contributed by atoms with Crippen molar-refractivity contribution in [1.82, 2.24) is 14.7 Å². The summed E-state index contributed by atoms with van der Waals surface area (Å²) in [6.07, 6.45) is 3.16. The molecule has 3 N–H and O–H groups in total. The molecule has 0 bridgehead atoms. The lowest BCUT2D eigenvalue weighted by Gasteiger charge is -2.15. The van der Waals surface area contributed by atoms with Crippen LogP contribution in [0.15, 0.2) is 64.7 Å². The van der Waals surface area contributed by atoms with E-state index < -0.39 is 23.6 Å². The number of fused-ring (bicyclic) bond motifs is 1. The van der Waals surface area contributed by atoms with Gasteiger partial charge in [0.2, 0.25) is 5.78 Å². The maximum Gasteiger partial charge on any atom is 0.287 e. The Morgan fingerprint density at radius 2 is 1.93 bits per heavy atom. The van der Waals surface area contributed by atoms with Gasteiger partial charge in [0, 0.05) is 34.5 Å². The van der Waals surface area contributed by atoms with Crippen molar-refractivity contribution >= 4 is 40.1 Å². The molecule has 0 aliphatic heterocycles. The highest BCUT2D eigenvalue weighted by Gasteiger charge is 2.29. The van der Waals surface area contributed by atoms with Crippen molar-refractivity contribution in [3.8, 4) is 11.3 Å². The van der Waals surface area contributed by atoms with Crippen molar-refractivity contribution in [3.63, 3.8) is 0 Å². The van der Waals surface area contributed by atoms with Crippen LogP contribution in [0.1, 0.15) is 16.1 Å². The zero-order valence-electron chi connectivity index (χ0n) is 15.6. The maximum atomic E-state index is 12.9. The molecule has 3 aromatic heterocycles. The zero-order valence-corrected chi connectivity index (χ0v) is 16.4. The smallest absolute Gasteiger partial charge is 0.287 e. The fourth-order valence-corrected chi connectivity index (χ4v) is 3.80. The number of nitrogens with zero attached hydrogens (tertiary/aromatic N) is 2. The highest BCUT2D eigenvalue weighted by molar-refractivity contribution is 7.04. The number of nitrogens with two attached hydrogens (primary N) is 1. The van der Waals surface area contributed by atoms with Crippen LogP contribution in [0.25, 0.3) is 22.2 Å². The van der Waals surface area contributed by atoms with Crippen LogP contribution in [0.5, 0.6) is 0 Å². The van der Waals surface area contributed by atoms with Crippen LogP contribution in [0, 0.1) is 0 Å². The fourth-order valence-electron chi connectivity index (χ4n) is 3.12. The molecule has 0 saturated carbocycles. The molecule has 0 aliphatic carbocycles. The van der Waals surface area contributed by atoms with Crippen LogP contribution in [-0.4, -0.2) is 33.0 Å². The summed E-state index contributed by atoms with van der Waals surface area (Å²) >= 11 is 1.10. The summed E-state index contributed by atoms with van der Waals surface area (Å²) in [5, 5.41) is 5.09. The molecule has 1 atom stereocenters. The molecule has 30 heavy (non-hydrogen) atoms. The largest absolute Gasteiger partial charge is 0.464 e. The lowest BCUT2D eigenvalue weighted by atomic mass is 10.0. The van der Waals surface area contributed by atoms with E-state index in [0.717, 1.165) is 16.9 Å². The quantitative estimate of drug-likeness (QED) is 0.442. The number of primary amides is 1. The number of ketones is 1. The zero-order chi connectivity index (χ0) is 21.1. The van der Waals surface area contributed by atoms with E-state index in [-0.39, 0.29) is 12.1 Å². The summed E-state index contributed by atoms with van der Waals surface area (Å²) < 4.78 is 9.63. The van der Waals surface area contributed by atoms with Crippen LogP contribution >= 0.6 is 11.5 Å². The Bertz CT molecular complexity index is 1230. The molecule has 0 fully saturated rings. The molecule has 1 aromatic carbocycles. The average molecular weight is 420 g/mol. The van der Waals surface area contributed by atoms with Crippen molar-refractivity contribution in [3.05, 3.63) is 71.6 Å². The monoisotopic (exact) mass is 420 g/mol. The van der Waals surface area contributed by atoms with Crippen molar-refractivity contribution in [2.75, 3.05) is 0 Å². The normalized spacial score (nSPS) is 11.9. The molecular formula is C21H16N4O4S. The molecule has 4 aromatic rings. The highest BCUT2D eigenvalue weighted by Crippen LogP contribution is 2.24. The summed E-state index contributed by atoms with van der Waals surface area (Å²) in [6.45, 7) is 0. The lowest BCUT2D eigenvalue weighted by molar-refractivity contribution is -0.137. The molecule has 0 radical (unpaired) electrons. The van der Waals surface area contributed by atoms with E-state index >= 15 is 0 Å². The van der Waals surface area contributed by atoms with Gasteiger partial charge in [-0.15, -0.1) is 0 Å². The number of para-hydroxylation sites is 1. The molecule has 0 spiro atoms. The second kappa shape index (κ2) is 8.26. The number of benzene rings is 1. The molecule has 4 rings (SSSR count). The SMILES string of the molecule is NC(=O)C(=O)C(Cc1coc2ccccc12)NC(=O)c1nscc1-c1ccccn1. The number of pyridine rings is 1. The van der Waals surface area contributed by atoms with Crippen molar-refractivity contribution in [2.24, 2.45) is 5.73 Å². The molecule has 0 aliphatic rings. The Morgan fingerprint density at radius 3 is 2.70 bits per heavy atom. The first kappa shape index (κ1) is 19.5. The van der Waals surface area contributed by atoms with E-state index in [1.54, 1.807) is 35.8 Å². The second-order valence-electron chi connectivity index (χ2n) is 6.51. The van der Waals surface area contributed by atoms with Crippen LogP contribution in [0.3, 0.4) is 0 Å². The molecule has 8 nitrogen and oxygen atoms in total. The Balaban J connectivity index is 1.62. The van der Waals surface area contributed by atoms with Gasteiger partial charge < -0.3 is 15.5 Å². The Hall–Kier alpha value is -3.85. The van der Waals surface area contributed by atoms with E-state index in [1.165, 1.54) is 6.26 Å². The number of furan rings is 1. The number of carbonyl (C=O) groups is 3. The molecule has 9 heteroatoms. The van der Waals surface area contributed by atoms with Crippen molar-refractivity contribution < 1.29 is 18.8 Å². The first-order chi connectivity index (χ1) is 14.5. The van der Waals surface area contributed by atoms with Gasteiger partial charge in [-0.2, -0.15) is 4.37 Å². The lowest BCUT2D eigenvalue weighted by Crippen LogP contribution is -2.47. The molecule has 1 unspecified atom stereocenters. The van der Waals surface area contributed by atoms with E-state index in [9.17, 15) is 14.4 Å². The first-order valence-electron chi connectivity index (χ1n) is 9.00. The van der Waals surface area contributed by atoms with Crippen molar-refractivity contribution in [2.45, 2.75) is 12.5 Å². The number of rotatable bonds is 7. The molecule has 2 amide bonds. The first-order valence-corrected chi connectivity index (χ1v) is 9.83. The topological polar surface area (TPSA) is 128 Å². The van der Waals surface area contributed by atoms with Gasteiger partial charge in [0.05, 0.1) is 12.0 Å². The van der Waals surface area contributed by atoms with Gasteiger partial charge in [0.25, 0.3) is 11.8 Å². The highest BCUT2D eigenvalue weighted by atomic mass is 32.1. The predicted molar refractivity (Wildman–Crippen MR) is 111 cm³/mol. The minimum absolute atomic E-state index is 0.0492. The van der Waals surface area contributed by atoms with Gasteiger partial charge in [0.15, 0.2) is 5.69 Å². The minimum Gasteiger partial charge on any atom is -0.464 e. The van der Waals surface area contributed by atoms with Crippen LogP contribution < -0.4 is 11.1 Å². The van der Waals surface area contributed by atoms with Gasteiger partial charge in [-0.05, 0) is 29.7 Å². The predicted octanol–water partition coefficient (Wildman–Crippen LogP) is 2.35. The third-order valence-corrected chi connectivity index (χ3v) is 5.20. The van der Waals surface area contributed by atoms with Gasteiger partial charge in [-0.1, -0.05) is 24.3 Å². The average Bonchev–Trinajstić information content (AvgIpc) is 3.41. The van der Waals surface area contributed by atoms with Gasteiger partial charge in [-0.3, -0.25) is 19.4 Å². The van der Waals surface area contributed by atoms with E-state index in [1.807, 2.05) is 18.2 Å². The third-order valence-electron chi connectivity index (χ3n) is 4.58. The van der Waals surface area contributed by atoms with E-state index in [2.05, 4.69) is 14.7 Å². The molecular weight excluding hydrogens is 404 g/mol.